The van der Waals surface area contributed by atoms with Crippen LogP contribution in [0.5, 0.6) is 0 Å². The van der Waals surface area contributed by atoms with E-state index in [0.717, 1.165) is 0 Å². The standard InChI is InChI=1S/C19H22N2O6/c1-11-10-15(12(2)27-11)16(22)8-9-20-17(23)18(24)21-14-6-4-13(5-7-14)19(25)26-3/h4-7,10,16,22H,8-9H2,1-3H3,(H,20,23)(H,21,24)/t16-/m1/s1. The summed E-state index contributed by atoms with van der Waals surface area (Å²) in [5, 5.41) is 15.0. The molecule has 0 aliphatic carbocycles. The van der Waals surface area contributed by atoms with Gasteiger partial charge in [0, 0.05) is 17.8 Å². The summed E-state index contributed by atoms with van der Waals surface area (Å²) in [6, 6.07) is 7.68. The van der Waals surface area contributed by atoms with Gasteiger partial charge in [0.05, 0.1) is 18.8 Å². The molecule has 27 heavy (non-hydrogen) atoms. The van der Waals surface area contributed by atoms with Gasteiger partial charge in [-0.05, 0) is 50.6 Å². The van der Waals surface area contributed by atoms with E-state index in [1.54, 1.807) is 19.9 Å². The molecule has 144 valence electrons. The van der Waals surface area contributed by atoms with Crippen LogP contribution in [0.25, 0.3) is 0 Å². The SMILES string of the molecule is COC(=O)c1ccc(NC(=O)C(=O)NCC[C@@H](O)c2cc(C)oc2C)cc1. The third-order valence-electron chi connectivity index (χ3n) is 3.91. The molecule has 0 aliphatic heterocycles. The number of aliphatic hydroxyl groups excluding tert-OH is 1. The molecule has 2 rings (SSSR count). The van der Waals surface area contributed by atoms with Crippen LogP contribution in [0.4, 0.5) is 5.69 Å². The molecule has 2 aromatic rings. The van der Waals surface area contributed by atoms with Gasteiger partial charge in [-0.2, -0.15) is 0 Å². The number of carbonyl (C=O) groups is 3. The molecule has 0 fully saturated rings. The lowest BCUT2D eigenvalue weighted by molar-refractivity contribution is -0.136. The summed E-state index contributed by atoms with van der Waals surface area (Å²) in [5.41, 5.74) is 1.36. The summed E-state index contributed by atoms with van der Waals surface area (Å²) in [6.45, 7) is 3.66. The number of rotatable bonds is 6. The number of hydrogen-bond acceptors (Lipinski definition) is 6. The fourth-order valence-corrected chi connectivity index (χ4v) is 2.53. The first-order valence-corrected chi connectivity index (χ1v) is 8.34. The largest absolute Gasteiger partial charge is 0.466 e. The Morgan fingerprint density at radius 1 is 1.15 bits per heavy atom. The van der Waals surface area contributed by atoms with Crippen LogP contribution < -0.4 is 10.6 Å². The number of amides is 2. The number of methoxy groups -OCH3 is 1. The van der Waals surface area contributed by atoms with E-state index in [4.69, 9.17) is 4.42 Å². The van der Waals surface area contributed by atoms with Crippen molar-refractivity contribution in [1.82, 2.24) is 5.32 Å². The van der Waals surface area contributed by atoms with Crippen molar-refractivity contribution in [1.29, 1.82) is 0 Å². The van der Waals surface area contributed by atoms with Crippen molar-refractivity contribution in [3.8, 4) is 0 Å². The Morgan fingerprint density at radius 2 is 1.81 bits per heavy atom. The lowest BCUT2D eigenvalue weighted by atomic mass is 10.1. The zero-order valence-corrected chi connectivity index (χ0v) is 15.4. The van der Waals surface area contributed by atoms with E-state index >= 15 is 0 Å². The molecule has 0 saturated heterocycles. The van der Waals surface area contributed by atoms with E-state index in [0.29, 0.717) is 28.3 Å². The number of aliphatic hydroxyl groups is 1. The summed E-state index contributed by atoms with van der Waals surface area (Å²) in [5.74, 6) is -0.833. The number of hydrogen-bond donors (Lipinski definition) is 3. The van der Waals surface area contributed by atoms with Crippen molar-refractivity contribution in [2.75, 3.05) is 19.0 Å². The number of aryl methyl sites for hydroxylation is 2. The molecule has 0 unspecified atom stereocenters. The van der Waals surface area contributed by atoms with Crippen LogP contribution >= 0.6 is 0 Å². The lowest BCUT2D eigenvalue weighted by Crippen LogP contribution is -2.36. The first-order valence-electron chi connectivity index (χ1n) is 8.34. The van der Waals surface area contributed by atoms with Crippen LogP contribution in [0.1, 0.15) is 40.0 Å². The molecule has 0 aliphatic rings. The van der Waals surface area contributed by atoms with Crippen molar-refractivity contribution in [3.63, 3.8) is 0 Å². The monoisotopic (exact) mass is 374 g/mol. The van der Waals surface area contributed by atoms with Crippen molar-refractivity contribution in [3.05, 3.63) is 53.0 Å². The molecule has 2 amide bonds. The number of esters is 1. The number of nitrogens with one attached hydrogen (secondary N) is 2. The average Bonchev–Trinajstić information content (AvgIpc) is 2.99. The minimum absolute atomic E-state index is 0.123. The van der Waals surface area contributed by atoms with Gasteiger partial charge in [-0.1, -0.05) is 0 Å². The maximum absolute atomic E-state index is 11.9. The summed E-state index contributed by atoms with van der Waals surface area (Å²) in [4.78, 5) is 35.1. The second kappa shape index (κ2) is 9.00. The quantitative estimate of drug-likeness (QED) is 0.525. The van der Waals surface area contributed by atoms with Crippen molar-refractivity contribution >= 4 is 23.5 Å². The maximum Gasteiger partial charge on any atom is 0.337 e. The average molecular weight is 374 g/mol. The molecule has 1 aromatic heterocycles. The topological polar surface area (TPSA) is 118 Å². The smallest absolute Gasteiger partial charge is 0.337 e. The van der Waals surface area contributed by atoms with Crippen LogP contribution in [-0.4, -0.2) is 36.5 Å². The van der Waals surface area contributed by atoms with Gasteiger partial charge in [0.15, 0.2) is 0 Å². The zero-order chi connectivity index (χ0) is 20.0. The highest BCUT2D eigenvalue weighted by atomic mass is 16.5. The van der Waals surface area contributed by atoms with E-state index in [-0.39, 0.29) is 13.0 Å². The first kappa shape index (κ1) is 20.2. The number of furan rings is 1. The predicted octanol–water partition coefficient (Wildman–Crippen LogP) is 1.86. The van der Waals surface area contributed by atoms with Gasteiger partial charge in [-0.25, -0.2) is 4.79 Å². The van der Waals surface area contributed by atoms with Crippen molar-refractivity contribution in [2.24, 2.45) is 0 Å². The third kappa shape index (κ3) is 5.42. The van der Waals surface area contributed by atoms with Crippen LogP contribution in [0, 0.1) is 13.8 Å². The molecule has 0 spiro atoms. The minimum atomic E-state index is -0.842. The Balaban J connectivity index is 1.81. The van der Waals surface area contributed by atoms with Crippen molar-refractivity contribution in [2.45, 2.75) is 26.4 Å². The van der Waals surface area contributed by atoms with Crippen LogP contribution in [0.3, 0.4) is 0 Å². The molecule has 1 heterocycles. The molecule has 0 radical (unpaired) electrons. The van der Waals surface area contributed by atoms with E-state index in [9.17, 15) is 19.5 Å². The van der Waals surface area contributed by atoms with E-state index in [2.05, 4.69) is 15.4 Å². The molecular weight excluding hydrogens is 352 g/mol. The van der Waals surface area contributed by atoms with Gasteiger partial charge in [0.1, 0.15) is 11.5 Å². The Morgan fingerprint density at radius 3 is 2.37 bits per heavy atom. The Kier molecular flexibility index (Phi) is 6.73. The number of ether oxygens (including phenoxy) is 1. The second-order valence-corrected chi connectivity index (χ2v) is 5.95. The normalized spacial score (nSPS) is 11.6. The van der Waals surface area contributed by atoms with Gasteiger partial charge in [0.2, 0.25) is 0 Å². The van der Waals surface area contributed by atoms with Crippen LogP contribution in [0.15, 0.2) is 34.7 Å². The van der Waals surface area contributed by atoms with Gasteiger partial charge in [0.25, 0.3) is 0 Å². The van der Waals surface area contributed by atoms with Gasteiger partial charge in [-0.15, -0.1) is 0 Å². The molecule has 8 heteroatoms. The second-order valence-electron chi connectivity index (χ2n) is 5.95. The van der Waals surface area contributed by atoms with E-state index in [1.807, 2.05) is 0 Å². The van der Waals surface area contributed by atoms with Crippen LogP contribution in [0.2, 0.25) is 0 Å². The summed E-state index contributed by atoms with van der Waals surface area (Å²) >= 11 is 0. The van der Waals surface area contributed by atoms with Gasteiger partial charge in [-0.3, -0.25) is 9.59 Å². The highest BCUT2D eigenvalue weighted by Crippen LogP contribution is 2.23. The van der Waals surface area contributed by atoms with Gasteiger partial charge < -0.3 is 24.9 Å². The van der Waals surface area contributed by atoms with E-state index < -0.39 is 23.9 Å². The molecule has 3 N–H and O–H groups in total. The summed E-state index contributed by atoms with van der Waals surface area (Å²) < 4.78 is 9.94. The fourth-order valence-electron chi connectivity index (χ4n) is 2.53. The number of carbonyl (C=O) groups excluding carboxylic acids is 3. The summed E-state index contributed by atoms with van der Waals surface area (Å²) in [6.07, 6.45) is -0.552. The molecular formula is C19H22N2O6. The first-order chi connectivity index (χ1) is 12.8. The maximum atomic E-state index is 11.9. The fraction of sp³-hybridized carbons (Fsp3) is 0.316. The third-order valence-corrected chi connectivity index (χ3v) is 3.91. The molecule has 1 aromatic carbocycles. The zero-order valence-electron chi connectivity index (χ0n) is 15.4. The Labute approximate surface area is 156 Å². The van der Waals surface area contributed by atoms with Gasteiger partial charge >= 0.3 is 17.8 Å². The highest BCUT2D eigenvalue weighted by molar-refractivity contribution is 6.39. The molecule has 0 saturated carbocycles. The minimum Gasteiger partial charge on any atom is -0.466 e. The van der Waals surface area contributed by atoms with Crippen molar-refractivity contribution < 1.29 is 28.6 Å². The summed E-state index contributed by atoms with van der Waals surface area (Å²) in [7, 11) is 1.27. The lowest BCUT2D eigenvalue weighted by Gasteiger charge is -2.11. The van der Waals surface area contributed by atoms with Crippen LogP contribution in [-0.2, 0) is 14.3 Å². The number of anilines is 1. The Hall–Kier alpha value is -3.13. The molecule has 0 bridgehead atoms. The molecule has 1 atom stereocenters. The highest BCUT2D eigenvalue weighted by Gasteiger charge is 2.17. The Bertz CT molecular complexity index is 825. The van der Waals surface area contributed by atoms with E-state index in [1.165, 1.54) is 31.4 Å². The number of benzene rings is 1. The predicted molar refractivity (Wildman–Crippen MR) is 97.2 cm³/mol. The molecule has 8 nitrogen and oxygen atoms in total.